The number of hydrogen-bond acceptors (Lipinski definition) is 6. The number of β-amino-alcohol motifs (C(OH)–C–C–N with tert-alkyl or cyclic N) is 1. The van der Waals surface area contributed by atoms with Gasteiger partial charge < -0.3 is 14.9 Å². The van der Waals surface area contributed by atoms with E-state index in [-0.39, 0.29) is 18.8 Å². The zero-order valence-corrected chi connectivity index (χ0v) is 13.4. The second-order valence-corrected chi connectivity index (χ2v) is 5.48. The number of rotatable bonds is 5. The molecule has 0 aliphatic carbocycles. The molecule has 0 radical (unpaired) electrons. The van der Waals surface area contributed by atoms with Gasteiger partial charge in [0.1, 0.15) is 11.5 Å². The number of nitrogens with zero attached hydrogens (tertiary/aromatic N) is 2. The van der Waals surface area contributed by atoms with Gasteiger partial charge in [-0.1, -0.05) is 17.3 Å². The van der Waals surface area contributed by atoms with Crippen molar-refractivity contribution < 1.29 is 19.2 Å². The molecule has 0 bridgehead atoms. The summed E-state index contributed by atoms with van der Waals surface area (Å²) < 4.78 is 5.17. The summed E-state index contributed by atoms with van der Waals surface area (Å²) in [5.74, 6) is -0.125. The average molecular weight is 327 g/mol. The van der Waals surface area contributed by atoms with Crippen molar-refractivity contribution in [2.45, 2.75) is 13.8 Å². The van der Waals surface area contributed by atoms with Crippen LogP contribution in [0, 0.1) is 13.8 Å². The highest BCUT2D eigenvalue weighted by Crippen LogP contribution is 2.28. The fraction of sp³-hybridized carbons (Fsp3) is 0.235. The summed E-state index contributed by atoms with van der Waals surface area (Å²) in [6, 6.07) is 7.41. The Morgan fingerprint density at radius 1 is 1.21 bits per heavy atom. The van der Waals surface area contributed by atoms with Crippen molar-refractivity contribution in [2.75, 3.05) is 18.5 Å². The lowest BCUT2D eigenvalue weighted by molar-refractivity contribution is -0.137. The van der Waals surface area contributed by atoms with Crippen molar-refractivity contribution in [1.82, 2.24) is 10.1 Å². The number of carbonyl (C=O) groups excluding carboxylic acids is 2. The molecule has 2 aromatic rings. The number of aryl methyl sites for hydroxylation is 2. The summed E-state index contributed by atoms with van der Waals surface area (Å²) in [5, 5.41) is 15.8. The molecule has 2 N–H and O–H groups in total. The number of anilines is 1. The van der Waals surface area contributed by atoms with E-state index in [4.69, 9.17) is 9.63 Å². The molecule has 1 aliphatic heterocycles. The van der Waals surface area contributed by atoms with Gasteiger partial charge in [0.2, 0.25) is 0 Å². The lowest BCUT2D eigenvalue weighted by Gasteiger charge is -2.13. The standard InChI is InChI=1S/C17H17N3O4/c1-10-16(11(2)24-19-10)12-3-5-13(6-4-12)18-14-9-15(22)20(7-8-21)17(14)23/h3-6,9,18,21H,7-8H2,1-2H3. The maximum atomic E-state index is 12.1. The van der Waals surface area contributed by atoms with Gasteiger partial charge in [0.25, 0.3) is 11.8 Å². The van der Waals surface area contributed by atoms with Crippen LogP contribution in [0.5, 0.6) is 0 Å². The van der Waals surface area contributed by atoms with Gasteiger partial charge in [0.15, 0.2) is 0 Å². The number of carbonyl (C=O) groups is 2. The normalized spacial score (nSPS) is 14.3. The van der Waals surface area contributed by atoms with E-state index in [2.05, 4.69) is 10.5 Å². The first-order valence-corrected chi connectivity index (χ1v) is 7.50. The second kappa shape index (κ2) is 6.29. The van der Waals surface area contributed by atoms with Crippen LogP contribution in [0.3, 0.4) is 0 Å². The molecular weight excluding hydrogens is 310 g/mol. The molecule has 1 aliphatic rings. The summed E-state index contributed by atoms with van der Waals surface area (Å²) in [4.78, 5) is 24.8. The number of amides is 2. The van der Waals surface area contributed by atoms with E-state index in [1.807, 2.05) is 38.1 Å². The molecular formula is C17H17N3O4. The number of benzene rings is 1. The molecule has 24 heavy (non-hydrogen) atoms. The van der Waals surface area contributed by atoms with Crippen LogP contribution in [0.1, 0.15) is 11.5 Å². The Morgan fingerprint density at radius 3 is 2.50 bits per heavy atom. The van der Waals surface area contributed by atoms with E-state index in [0.29, 0.717) is 5.69 Å². The van der Waals surface area contributed by atoms with Crippen molar-refractivity contribution in [2.24, 2.45) is 0 Å². The number of aliphatic hydroxyl groups is 1. The third-order valence-corrected chi connectivity index (χ3v) is 3.82. The molecule has 0 fully saturated rings. The highest BCUT2D eigenvalue weighted by Gasteiger charge is 2.30. The molecule has 0 spiro atoms. The first kappa shape index (κ1) is 15.9. The third kappa shape index (κ3) is 2.81. The zero-order chi connectivity index (χ0) is 17.3. The monoisotopic (exact) mass is 327 g/mol. The Bertz CT molecular complexity index is 801. The van der Waals surface area contributed by atoms with Gasteiger partial charge >= 0.3 is 0 Å². The van der Waals surface area contributed by atoms with Crippen LogP contribution in [0.2, 0.25) is 0 Å². The Kier molecular flexibility index (Phi) is 4.18. The van der Waals surface area contributed by atoms with Crippen LogP contribution in [-0.4, -0.2) is 40.1 Å². The molecule has 1 aromatic heterocycles. The smallest absolute Gasteiger partial charge is 0.277 e. The minimum Gasteiger partial charge on any atom is -0.395 e. The van der Waals surface area contributed by atoms with Gasteiger partial charge in [0, 0.05) is 17.3 Å². The molecule has 0 saturated heterocycles. The first-order valence-electron chi connectivity index (χ1n) is 7.50. The predicted octanol–water partition coefficient (Wildman–Crippen LogP) is 1.62. The number of nitrogens with one attached hydrogen (secondary N) is 1. The highest BCUT2D eigenvalue weighted by atomic mass is 16.5. The quantitative estimate of drug-likeness (QED) is 0.810. The lowest BCUT2D eigenvalue weighted by Crippen LogP contribution is -2.34. The lowest BCUT2D eigenvalue weighted by atomic mass is 10.0. The van der Waals surface area contributed by atoms with Gasteiger partial charge in [-0.3, -0.25) is 14.5 Å². The van der Waals surface area contributed by atoms with Crippen molar-refractivity contribution >= 4 is 17.5 Å². The number of hydrogen-bond donors (Lipinski definition) is 2. The molecule has 3 rings (SSSR count). The summed E-state index contributed by atoms with van der Waals surface area (Å²) in [6.07, 6.45) is 1.24. The molecule has 2 heterocycles. The SMILES string of the molecule is Cc1noc(C)c1-c1ccc(NC2=CC(=O)N(CCO)C2=O)cc1. The highest BCUT2D eigenvalue weighted by molar-refractivity contribution is 6.17. The summed E-state index contributed by atoms with van der Waals surface area (Å²) in [6.45, 7) is 3.46. The Morgan fingerprint density at radius 2 is 1.92 bits per heavy atom. The van der Waals surface area contributed by atoms with E-state index in [0.717, 1.165) is 27.5 Å². The molecule has 1 aromatic carbocycles. The van der Waals surface area contributed by atoms with Crippen LogP contribution in [0.4, 0.5) is 5.69 Å². The Hall–Kier alpha value is -2.93. The van der Waals surface area contributed by atoms with Crippen molar-refractivity contribution in [3.05, 3.63) is 47.5 Å². The van der Waals surface area contributed by atoms with E-state index in [9.17, 15) is 9.59 Å². The maximum Gasteiger partial charge on any atom is 0.277 e. The Balaban J connectivity index is 1.77. The van der Waals surface area contributed by atoms with Crippen LogP contribution in [0.25, 0.3) is 11.1 Å². The molecule has 7 heteroatoms. The third-order valence-electron chi connectivity index (χ3n) is 3.82. The van der Waals surface area contributed by atoms with E-state index < -0.39 is 11.8 Å². The topological polar surface area (TPSA) is 95.7 Å². The molecule has 0 atom stereocenters. The van der Waals surface area contributed by atoms with Crippen LogP contribution < -0.4 is 5.32 Å². The van der Waals surface area contributed by atoms with Gasteiger partial charge in [-0.2, -0.15) is 0 Å². The first-order chi connectivity index (χ1) is 11.5. The van der Waals surface area contributed by atoms with Gasteiger partial charge in [-0.05, 0) is 31.5 Å². The summed E-state index contributed by atoms with van der Waals surface area (Å²) in [7, 11) is 0. The van der Waals surface area contributed by atoms with Crippen molar-refractivity contribution in [1.29, 1.82) is 0 Å². The minimum atomic E-state index is -0.441. The molecule has 0 unspecified atom stereocenters. The number of aromatic nitrogens is 1. The van der Waals surface area contributed by atoms with Crippen LogP contribution in [-0.2, 0) is 9.59 Å². The maximum absolute atomic E-state index is 12.1. The predicted molar refractivity (Wildman–Crippen MR) is 86.9 cm³/mol. The summed E-state index contributed by atoms with van der Waals surface area (Å²) in [5.41, 5.74) is 3.60. The molecule has 2 amide bonds. The largest absolute Gasteiger partial charge is 0.395 e. The van der Waals surface area contributed by atoms with Gasteiger partial charge in [-0.15, -0.1) is 0 Å². The van der Waals surface area contributed by atoms with E-state index in [1.165, 1.54) is 6.08 Å². The molecule has 0 saturated carbocycles. The van der Waals surface area contributed by atoms with Crippen LogP contribution in [0.15, 0.2) is 40.6 Å². The fourth-order valence-electron chi connectivity index (χ4n) is 2.68. The second-order valence-electron chi connectivity index (χ2n) is 5.48. The van der Waals surface area contributed by atoms with Crippen molar-refractivity contribution in [3.63, 3.8) is 0 Å². The zero-order valence-electron chi connectivity index (χ0n) is 13.4. The minimum absolute atomic E-state index is 0.00960. The van der Waals surface area contributed by atoms with Crippen LogP contribution >= 0.6 is 0 Å². The van der Waals surface area contributed by atoms with E-state index >= 15 is 0 Å². The Labute approximate surface area is 138 Å². The number of imide groups is 1. The van der Waals surface area contributed by atoms with Gasteiger partial charge in [-0.25, -0.2) is 0 Å². The number of aliphatic hydroxyl groups excluding tert-OH is 1. The fourth-order valence-corrected chi connectivity index (χ4v) is 2.68. The molecule has 124 valence electrons. The molecule has 7 nitrogen and oxygen atoms in total. The van der Waals surface area contributed by atoms with Gasteiger partial charge in [0.05, 0.1) is 18.8 Å². The van der Waals surface area contributed by atoms with E-state index in [1.54, 1.807) is 0 Å². The summed E-state index contributed by atoms with van der Waals surface area (Å²) >= 11 is 0. The average Bonchev–Trinajstić information content (AvgIpc) is 3.03. The van der Waals surface area contributed by atoms with Crippen molar-refractivity contribution in [3.8, 4) is 11.1 Å².